The molecule has 0 aliphatic carbocycles. The molecule has 3 heterocycles. The third-order valence-corrected chi connectivity index (χ3v) is 5.58. The van der Waals surface area contributed by atoms with Crippen LogP contribution in [0.3, 0.4) is 0 Å². The van der Waals surface area contributed by atoms with Crippen molar-refractivity contribution in [2.75, 3.05) is 4.90 Å². The molecule has 0 spiro atoms. The summed E-state index contributed by atoms with van der Waals surface area (Å²) in [5, 5.41) is 5.08. The minimum absolute atomic E-state index is 0.131. The number of hydrogen-bond donors (Lipinski definition) is 0. The molecule has 0 fully saturated rings. The van der Waals surface area contributed by atoms with Crippen molar-refractivity contribution < 1.29 is 4.79 Å². The van der Waals surface area contributed by atoms with E-state index in [0.29, 0.717) is 15.5 Å². The number of benzene rings is 1. The van der Waals surface area contributed by atoms with Gasteiger partial charge in [-0.25, -0.2) is 4.98 Å². The predicted octanol–water partition coefficient (Wildman–Crippen LogP) is 4.67. The first-order valence-electron chi connectivity index (χ1n) is 8.67. The summed E-state index contributed by atoms with van der Waals surface area (Å²) in [6.07, 6.45) is 0. The number of aryl methyl sites for hydroxylation is 2. The number of hydrogen-bond acceptors (Lipinski definition) is 3. The van der Waals surface area contributed by atoms with Gasteiger partial charge in [0.1, 0.15) is 11.9 Å². The molecule has 1 aliphatic rings. The first-order valence-corrected chi connectivity index (χ1v) is 9.84. The van der Waals surface area contributed by atoms with E-state index in [4.69, 9.17) is 11.6 Å². The second-order valence-electron chi connectivity index (χ2n) is 6.98. The molecule has 1 aliphatic heterocycles. The van der Waals surface area contributed by atoms with Crippen molar-refractivity contribution in [1.29, 1.82) is 0 Å². The van der Waals surface area contributed by atoms with E-state index in [-0.39, 0.29) is 18.0 Å². The normalized spacial score (nSPS) is 16.5. The van der Waals surface area contributed by atoms with Crippen molar-refractivity contribution in [2.45, 2.75) is 32.9 Å². The van der Waals surface area contributed by atoms with Crippen LogP contribution in [0.2, 0.25) is 5.02 Å². The van der Waals surface area contributed by atoms with Crippen LogP contribution < -0.4 is 4.90 Å². The van der Waals surface area contributed by atoms with Crippen LogP contribution in [0.15, 0.2) is 35.1 Å². The van der Waals surface area contributed by atoms with E-state index in [1.165, 1.54) is 0 Å². The van der Waals surface area contributed by atoms with Crippen LogP contribution in [0.1, 0.15) is 53.4 Å². The lowest BCUT2D eigenvalue weighted by molar-refractivity contribution is 0.0987. The van der Waals surface area contributed by atoms with E-state index >= 15 is 0 Å². The highest BCUT2D eigenvalue weighted by Gasteiger charge is 2.45. The summed E-state index contributed by atoms with van der Waals surface area (Å²) >= 11 is 9.61. The fourth-order valence-electron chi connectivity index (χ4n) is 3.69. The molecule has 3 aromatic rings. The first kappa shape index (κ1) is 18.3. The number of nitrogens with zero attached hydrogens (tertiary/aromatic N) is 5. The Bertz CT molecular complexity index is 1040. The Morgan fingerprint density at radius 2 is 1.89 bits per heavy atom. The highest BCUT2D eigenvalue weighted by atomic mass is 79.9. The predicted molar refractivity (Wildman–Crippen MR) is 108 cm³/mol. The second kappa shape index (κ2) is 6.49. The number of aromatic nitrogens is 4. The van der Waals surface area contributed by atoms with Gasteiger partial charge in [0.2, 0.25) is 0 Å². The van der Waals surface area contributed by atoms with E-state index < -0.39 is 0 Å². The molecule has 0 saturated carbocycles. The van der Waals surface area contributed by atoms with E-state index in [9.17, 15) is 4.79 Å². The van der Waals surface area contributed by atoms with Crippen LogP contribution >= 0.6 is 27.5 Å². The average Bonchev–Trinajstić information content (AvgIpc) is 3.19. The number of anilines is 1. The summed E-state index contributed by atoms with van der Waals surface area (Å²) in [7, 11) is 1.84. The number of imidazole rings is 1. The molecule has 4 rings (SSSR count). The van der Waals surface area contributed by atoms with Gasteiger partial charge in [0.25, 0.3) is 5.91 Å². The van der Waals surface area contributed by atoms with Crippen molar-refractivity contribution in [2.24, 2.45) is 7.05 Å². The summed E-state index contributed by atoms with van der Waals surface area (Å²) in [5.74, 6) is 0.606. The Labute approximate surface area is 170 Å². The van der Waals surface area contributed by atoms with E-state index in [1.54, 1.807) is 9.58 Å². The van der Waals surface area contributed by atoms with Gasteiger partial charge in [-0.05, 0) is 54.4 Å². The molecule has 0 saturated heterocycles. The van der Waals surface area contributed by atoms with Gasteiger partial charge in [0.15, 0.2) is 10.4 Å². The van der Waals surface area contributed by atoms with Crippen molar-refractivity contribution in [1.82, 2.24) is 19.3 Å². The quantitative estimate of drug-likeness (QED) is 0.585. The van der Waals surface area contributed by atoms with Crippen molar-refractivity contribution in [3.63, 3.8) is 0 Å². The molecule has 1 atom stereocenters. The number of rotatable bonds is 3. The molecule has 27 heavy (non-hydrogen) atoms. The smallest absolute Gasteiger partial charge is 0.280 e. The second-order valence-corrected chi connectivity index (χ2v) is 8.12. The molecule has 8 heteroatoms. The molecule has 6 nitrogen and oxygen atoms in total. The zero-order valence-electron chi connectivity index (χ0n) is 15.4. The highest BCUT2D eigenvalue weighted by Crippen LogP contribution is 2.43. The largest absolute Gasteiger partial charge is 0.317 e. The van der Waals surface area contributed by atoms with Crippen molar-refractivity contribution in [3.05, 3.63) is 62.7 Å². The zero-order valence-corrected chi connectivity index (χ0v) is 17.8. The molecule has 1 amide bonds. The van der Waals surface area contributed by atoms with Gasteiger partial charge in [-0.1, -0.05) is 23.7 Å². The zero-order chi connectivity index (χ0) is 19.5. The summed E-state index contributed by atoms with van der Waals surface area (Å²) < 4.78 is 4.46. The fourth-order valence-corrected chi connectivity index (χ4v) is 4.59. The summed E-state index contributed by atoms with van der Waals surface area (Å²) in [4.78, 5) is 19.7. The third-order valence-electron chi connectivity index (χ3n) is 4.77. The van der Waals surface area contributed by atoms with Gasteiger partial charge >= 0.3 is 0 Å². The van der Waals surface area contributed by atoms with Crippen LogP contribution in [0.25, 0.3) is 0 Å². The summed E-state index contributed by atoms with van der Waals surface area (Å²) in [6, 6.07) is 9.36. The Morgan fingerprint density at radius 1 is 1.22 bits per heavy atom. The minimum atomic E-state index is -0.305. The minimum Gasteiger partial charge on any atom is -0.317 e. The topological polar surface area (TPSA) is 56.0 Å². The van der Waals surface area contributed by atoms with Crippen LogP contribution in [0.4, 0.5) is 5.82 Å². The lowest BCUT2D eigenvalue weighted by Crippen LogP contribution is -2.31. The lowest BCUT2D eigenvalue weighted by atomic mass is 10.0. The standard InChI is InChI=1S/C19H19BrClN5O/c1-10(2)25-17-15(22-19(25)20)18(27)26(14-9-11(3)23-24(14)4)16(17)12-5-7-13(21)8-6-12/h5-10,16H,1-4H3. The number of amides is 1. The number of fused-ring (bicyclic) bond motifs is 1. The molecule has 0 radical (unpaired) electrons. The third kappa shape index (κ3) is 2.80. The van der Waals surface area contributed by atoms with E-state index in [0.717, 1.165) is 22.8 Å². The van der Waals surface area contributed by atoms with Gasteiger partial charge in [0.05, 0.1) is 11.4 Å². The Balaban J connectivity index is 1.98. The molecule has 1 aromatic carbocycles. The number of carbonyl (C=O) groups excluding carboxylic acids is 1. The summed E-state index contributed by atoms with van der Waals surface area (Å²) in [5.41, 5.74) is 3.17. The SMILES string of the molecule is Cc1cc(N2C(=O)c3nc(Br)n(C(C)C)c3C2c2ccc(Cl)cc2)n(C)n1. The van der Waals surface area contributed by atoms with Gasteiger partial charge in [-0.2, -0.15) is 5.10 Å². The molecule has 140 valence electrons. The maximum atomic E-state index is 13.4. The van der Waals surface area contributed by atoms with Gasteiger partial charge in [0, 0.05) is 24.2 Å². The lowest BCUT2D eigenvalue weighted by Gasteiger charge is -2.27. The Kier molecular flexibility index (Phi) is 4.39. The number of halogens is 2. The van der Waals surface area contributed by atoms with Gasteiger partial charge in [-0.15, -0.1) is 0 Å². The van der Waals surface area contributed by atoms with Crippen LogP contribution in [0.5, 0.6) is 0 Å². The molecule has 1 unspecified atom stereocenters. The average molecular weight is 449 g/mol. The maximum absolute atomic E-state index is 13.4. The highest BCUT2D eigenvalue weighted by molar-refractivity contribution is 9.10. The van der Waals surface area contributed by atoms with Crippen LogP contribution in [-0.4, -0.2) is 25.2 Å². The molecular formula is C19H19BrClN5O. The van der Waals surface area contributed by atoms with Crippen molar-refractivity contribution >= 4 is 39.3 Å². The number of carbonyl (C=O) groups is 1. The maximum Gasteiger partial charge on any atom is 0.280 e. The van der Waals surface area contributed by atoms with Gasteiger partial charge in [-0.3, -0.25) is 14.4 Å². The van der Waals surface area contributed by atoms with E-state index in [1.807, 2.05) is 44.3 Å². The van der Waals surface area contributed by atoms with Crippen molar-refractivity contribution in [3.8, 4) is 0 Å². The van der Waals surface area contributed by atoms with Crippen LogP contribution in [-0.2, 0) is 7.05 Å². The molecule has 0 bridgehead atoms. The van der Waals surface area contributed by atoms with Gasteiger partial charge < -0.3 is 4.57 Å². The monoisotopic (exact) mass is 447 g/mol. The Morgan fingerprint density at radius 3 is 2.44 bits per heavy atom. The van der Waals surface area contributed by atoms with Crippen LogP contribution in [0, 0.1) is 6.92 Å². The Hall–Kier alpha value is -2.12. The summed E-state index contributed by atoms with van der Waals surface area (Å²) in [6.45, 7) is 6.07. The molecule has 0 N–H and O–H groups in total. The molecular weight excluding hydrogens is 430 g/mol. The fraction of sp³-hybridized carbons (Fsp3) is 0.316. The molecule has 2 aromatic heterocycles. The first-order chi connectivity index (χ1) is 12.8. The van der Waals surface area contributed by atoms with E-state index in [2.05, 4.69) is 44.4 Å².